The van der Waals surface area contributed by atoms with Gasteiger partial charge in [-0.05, 0) is 40.8 Å². The molecule has 5 heteroatoms. The normalized spacial score (nSPS) is 19.5. The fourth-order valence-corrected chi connectivity index (χ4v) is 2.39. The molecule has 1 aliphatic heterocycles. The first-order valence-electron chi connectivity index (χ1n) is 5.36. The number of nitrogens with one attached hydrogen (secondary N) is 1. The number of carbonyl (C=O) groups is 2. The quantitative estimate of drug-likeness (QED) is 0.831. The second kappa shape index (κ2) is 5.03. The van der Waals surface area contributed by atoms with Gasteiger partial charge in [0, 0.05) is 29.3 Å². The Morgan fingerprint density at radius 2 is 2.29 bits per heavy atom. The summed E-state index contributed by atoms with van der Waals surface area (Å²) in [5, 5.41) is 2.84. The zero-order chi connectivity index (χ0) is 12.4. The minimum Gasteiger partial charge on any atom is -0.345 e. The van der Waals surface area contributed by atoms with Gasteiger partial charge in [-0.15, -0.1) is 0 Å². The SMILES string of the molecule is CN1CC(C(=O)Nc2cccc(I)c2)CC1=O. The van der Waals surface area contributed by atoms with E-state index < -0.39 is 0 Å². The van der Waals surface area contributed by atoms with Crippen molar-refractivity contribution in [3.63, 3.8) is 0 Å². The summed E-state index contributed by atoms with van der Waals surface area (Å²) in [5.41, 5.74) is 0.781. The molecule has 1 aromatic rings. The topological polar surface area (TPSA) is 49.4 Å². The van der Waals surface area contributed by atoms with Crippen LogP contribution in [0.4, 0.5) is 5.69 Å². The molecule has 90 valence electrons. The smallest absolute Gasteiger partial charge is 0.229 e. The van der Waals surface area contributed by atoms with Crippen molar-refractivity contribution in [1.29, 1.82) is 0 Å². The van der Waals surface area contributed by atoms with Crippen LogP contribution in [0.15, 0.2) is 24.3 Å². The van der Waals surface area contributed by atoms with Crippen molar-refractivity contribution in [2.75, 3.05) is 18.9 Å². The van der Waals surface area contributed by atoms with Gasteiger partial charge in [-0.3, -0.25) is 9.59 Å². The van der Waals surface area contributed by atoms with Crippen LogP contribution in [-0.2, 0) is 9.59 Å². The number of hydrogen-bond acceptors (Lipinski definition) is 2. The lowest BCUT2D eigenvalue weighted by Gasteiger charge is -2.11. The molecule has 0 radical (unpaired) electrons. The first-order chi connectivity index (χ1) is 8.06. The third-order valence-corrected chi connectivity index (χ3v) is 3.47. The zero-order valence-corrected chi connectivity index (χ0v) is 11.6. The minimum absolute atomic E-state index is 0.0350. The van der Waals surface area contributed by atoms with Crippen molar-refractivity contribution in [2.24, 2.45) is 5.92 Å². The number of benzene rings is 1. The van der Waals surface area contributed by atoms with Crippen molar-refractivity contribution in [3.8, 4) is 0 Å². The molecule has 1 aliphatic rings. The minimum atomic E-state index is -0.231. The Kier molecular flexibility index (Phi) is 3.66. The predicted octanol–water partition coefficient (Wildman–Crippen LogP) is 1.71. The largest absolute Gasteiger partial charge is 0.345 e. The van der Waals surface area contributed by atoms with Gasteiger partial charge in [-0.25, -0.2) is 0 Å². The molecule has 1 atom stereocenters. The monoisotopic (exact) mass is 344 g/mol. The van der Waals surface area contributed by atoms with Crippen LogP contribution < -0.4 is 5.32 Å². The number of amides is 2. The van der Waals surface area contributed by atoms with Crippen molar-refractivity contribution in [2.45, 2.75) is 6.42 Å². The molecule has 0 bridgehead atoms. The predicted molar refractivity (Wildman–Crippen MR) is 73.5 cm³/mol. The van der Waals surface area contributed by atoms with Gasteiger partial charge in [0.1, 0.15) is 0 Å². The third-order valence-electron chi connectivity index (χ3n) is 2.80. The molecule has 1 N–H and O–H groups in total. The number of rotatable bonds is 2. The standard InChI is InChI=1S/C12H13IN2O2/c1-15-7-8(5-11(15)16)12(17)14-10-4-2-3-9(13)6-10/h2-4,6,8H,5,7H2,1H3,(H,14,17). The van der Waals surface area contributed by atoms with Gasteiger partial charge in [0.2, 0.25) is 11.8 Å². The van der Waals surface area contributed by atoms with Crippen LogP contribution in [0.5, 0.6) is 0 Å². The molecule has 17 heavy (non-hydrogen) atoms. The lowest BCUT2D eigenvalue weighted by molar-refractivity contribution is -0.127. The van der Waals surface area contributed by atoms with Crippen LogP contribution in [0.1, 0.15) is 6.42 Å². The summed E-state index contributed by atoms with van der Waals surface area (Å²) in [6.45, 7) is 0.509. The summed E-state index contributed by atoms with van der Waals surface area (Å²) in [4.78, 5) is 24.9. The molecule has 0 aliphatic carbocycles. The number of halogens is 1. The Hall–Kier alpha value is -1.11. The van der Waals surface area contributed by atoms with Gasteiger partial charge in [0.25, 0.3) is 0 Å². The van der Waals surface area contributed by atoms with E-state index in [0.717, 1.165) is 9.26 Å². The Labute approximate surface area is 114 Å². The molecular weight excluding hydrogens is 331 g/mol. The van der Waals surface area contributed by atoms with E-state index in [1.54, 1.807) is 11.9 Å². The van der Waals surface area contributed by atoms with Gasteiger partial charge >= 0.3 is 0 Å². The summed E-state index contributed by atoms with van der Waals surface area (Å²) in [6.07, 6.45) is 0.312. The summed E-state index contributed by atoms with van der Waals surface area (Å²) >= 11 is 2.19. The maximum atomic E-state index is 11.9. The highest BCUT2D eigenvalue weighted by Crippen LogP contribution is 2.19. The Morgan fingerprint density at radius 3 is 2.88 bits per heavy atom. The van der Waals surface area contributed by atoms with Crippen LogP contribution in [0.3, 0.4) is 0 Å². The maximum absolute atomic E-state index is 11.9. The Bertz CT molecular complexity index is 462. The van der Waals surface area contributed by atoms with Crippen LogP contribution in [0.2, 0.25) is 0 Å². The van der Waals surface area contributed by atoms with Crippen molar-refractivity contribution >= 4 is 40.1 Å². The van der Waals surface area contributed by atoms with E-state index in [1.165, 1.54) is 0 Å². The molecule has 1 unspecified atom stereocenters. The number of anilines is 1. The summed E-state index contributed by atoms with van der Waals surface area (Å²) < 4.78 is 1.07. The number of nitrogens with zero attached hydrogens (tertiary/aromatic N) is 1. The van der Waals surface area contributed by atoms with E-state index in [1.807, 2.05) is 24.3 Å². The van der Waals surface area contributed by atoms with E-state index in [2.05, 4.69) is 27.9 Å². The average molecular weight is 344 g/mol. The van der Waals surface area contributed by atoms with Gasteiger partial charge in [-0.2, -0.15) is 0 Å². The van der Waals surface area contributed by atoms with E-state index in [-0.39, 0.29) is 17.7 Å². The second-order valence-corrected chi connectivity index (χ2v) is 5.42. The van der Waals surface area contributed by atoms with Crippen LogP contribution in [0, 0.1) is 9.49 Å². The molecule has 0 spiro atoms. The zero-order valence-electron chi connectivity index (χ0n) is 9.44. The van der Waals surface area contributed by atoms with E-state index in [0.29, 0.717) is 13.0 Å². The molecular formula is C12H13IN2O2. The molecule has 4 nitrogen and oxygen atoms in total. The molecule has 1 saturated heterocycles. The maximum Gasteiger partial charge on any atom is 0.229 e. The fourth-order valence-electron chi connectivity index (χ4n) is 1.85. The first kappa shape index (κ1) is 12.3. The average Bonchev–Trinajstić information content (AvgIpc) is 2.59. The van der Waals surface area contributed by atoms with Crippen LogP contribution in [0.25, 0.3) is 0 Å². The van der Waals surface area contributed by atoms with Gasteiger partial charge < -0.3 is 10.2 Å². The molecule has 1 fully saturated rings. The van der Waals surface area contributed by atoms with Crippen molar-refractivity contribution in [1.82, 2.24) is 4.90 Å². The van der Waals surface area contributed by atoms with Crippen molar-refractivity contribution in [3.05, 3.63) is 27.8 Å². The van der Waals surface area contributed by atoms with E-state index >= 15 is 0 Å². The number of hydrogen-bond donors (Lipinski definition) is 1. The van der Waals surface area contributed by atoms with E-state index in [9.17, 15) is 9.59 Å². The molecule has 2 amide bonds. The van der Waals surface area contributed by atoms with Crippen molar-refractivity contribution < 1.29 is 9.59 Å². The second-order valence-electron chi connectivity index (χ2n) is 4.17. The van der Waals surface area contributed by atoms with Gasteiger partial charge in [0.15, 0.2) is 0 Å². The Morgan fingerprint density at radius 1 is 1.53 bits per heavy atom. The summed E-state index contributed by atoms with van der Waals surface area (Å²) in [5.74, 6) is -0.275. The lowest BCUT2D eigenvalue weighted by atomic mass is 10.1. The first-order valence-corrected chi connectivity index (χ1v) is 6.44. The number of carbonyl (C=O) groups excluding carboxylic acids is 2. The van der Waals surface area contributed by atoms with E-state index in [4.69, 9.17) is 0 Å². The van der Waals surface area contributed by atoms with Crippen LogP contribution >= 0.6 is 22.6 Å². The van der Waals surface area contributed by atoms with Gasteiger partial charge in [-0.1, -0.05) is 6.07 Å². The highest BCUT2D eigenvalue weighted by atomic mass is 127. The fraction of sp³-hybridized carbons (Fsp3) is 0.333. The van der Waals surface area contributed by atoms with Gasteiger partial charge in [0.05, 0.1) is 5.92 Å². The van der Waals surface area contributed by atoms with Crippen LogP contribution in [-0.4, -0.2) is 30.3 Å². The lowest BCUT2D eigenvalue weighted by Crippen LogP contribution is -2.25. The highest BCUT2D eigenvalue weighted by molar-refractivity contribution is 14.1. The molecule has 0 saturated carbocycles. The molecule has 2 rings (SSSR count). The molecule has 1 aromatic carbocycles. The summed E-state index contributed by atoms with van der Waals surface area (Å²) in [6, 6.07) is 7.60. The summed E-state index contributed by atoms with van der Waals surface area (Å²) in [7, 11) is 1.72. The third kappa shape index (κ3) is 2.96. The molecule has 0 aromatic heterocycles. The Balaban J connectivity index is 2.00. The number of likely N-dealkylation sites (tertiary alicyclic amines) is 1. The molecule has 1 heterocycles. The highest BCUT2D eigenvalue weighted by Gasteiger charge is 2.31.